The van der Waals surface area contributed by atoms with E-state index in [-0.39, 0.29) is 54.2 Å². The average Bonchev–Trinajstić information content (AvgIpc) is 2.44. The number of alkyl halides is 3. The van der Waals surface area contributed by atoms with Gasteiger partial charge in [-0.3, -0.25) is 4.90 Å². The summed E-state index contributed by atoms with van der Waals surface area (Å²) in [6.07, 6.45) is -4.55. The van der Waals surface area contributed by atoms with Crippen LogP contribution in [-0.4, -0.2) is 49.5 Å². The average molecular weight is 398 g/mol. The molecule has 1 aliphatic heterocycles. The summed E-state index contributed by atoms with van der Waals surface area (Å²) in [5, 5.41) is 12.9. The molecule has 23 heavy (non-hydrogen) atoms. The molecule has 0 spiro atoms. The number of phenolic OH excluding ortho intramolecular Hbond substituents is 1. The number of nitrogens with zero attached hydrogens (tertiary/aromatic N) is 1. The van der Waals surface area contributed by atoms with E-state index in [1.54, 1.807) is 0 Å². The van der Waals surface area contributed by atoms with Crippen LogP contribution in [0.2, 0.25) is 5.02 Å². The van der Waals surface area contributed by atoms with Gasteiger partial charge in [0.25, 0.3) is 0 Å². The molecular weight excluding hydrogens is 380 g/mol. The van der Waals surface area contributed by atoms with Crippen LogP contribution in [0.15, 0.2) is 12.1 Å². The lowest BCUT2D eigenvalue weighted by molar-refractivity contribution is -0.188. The summed E-state index contributed by atoms with van der Waals surface area (Å²) in [4.78, 5) is 1.27. The van der Waals surface area contributed by atoms with Crippen LogP contribution >= 0.6 is 36.4 Å². The zero-order chi connectivity index (χ0) is 15.6. The van der Waals surface area contributed by atoms with E-state index in [0.29, 0.717) is 13.1 Å². The second-order valence-electron chi connectivity index (χ2n) is 4.74. The van der Waals surface area contributed by atoms with E-state index in [9.17, 15) is 18.3 Å². The van der Waals surface area contributed by atoms with Crippen LogP contribution in [0.25, 0.3) is 0 Å². The Morgan fingerprint density at radius 1 is 1.26 bits per heavy atom. The molecule has 1 saturated heterocycles. The van der Waals surface area contributed by atoms with Crippen molar-refractivity contribution < 1.29 is 23.0 Å². The SMILES string of the molecule is COc1ccc(Cl)c(O)c1[C@@H](N1CCNCC1)C(F)(F)F.Cl.Cl. The molecule has 0 aliphatic carbocycles. The highest BCUT2D eigenvalue weighted by Gasteiger charge is 2.47. The third-order valence-electron chi connectivity index (χ3n) is 3.45. The number of hydrogen-bond acceptors (Lipinski definition) is 4. The molecule has 4 nitrogen and oxygen atoms in total. The van der Waals surface area contributed by atoms with E-state index in [1.807, 2.05) is 0 Å². The van der Waals surface area contributed by atoms with Gasteiger partial charge in [0, 0.05) is 26.2 Å². The second-order valence-corrected chi connectivity index (χ2v) is 5.15. The Morgan fingerprint density at radius 2 is 1.83 bits per heavy atom. The van der Waals surface area contributed by atoms with Crippen LogP contribution in [0.5, 0.6) is 11.5 Å². The molecule has 1 aromatic rings. The number of halogens is 6. The topological polar surface area (TPSA) is 44.7 Å². The van der Waals surface area contributed by atoms with E-state index >= 15 is 0 Å². The number of piperazine rings is 1. The largest absolute Gasteiger partial charge is 0.506 e. The summed E-state index contributed by atoms with van der Waals surface area (Å²) in [7, 11) is 1.26. The molecule has 10 heteroatoms. The molecule has 134 valence electrons. The molecule has 0 unspecified atom stereocenters. The van der Waals surface area contributed by atoms with Crippen molar-refractivity contribution in [1.29, 1.82) is 0 Å². The van der Waals surface area contributed by atoms with E-state index in [4.69, 9.17) is 16.3 Å². The van der Waals surface area contributed by atoms with Gasteiger partial charge in [-0.15, -0.1) is 24.8 Å². The van der Waals surface area contributed by atoms with E-state index < -0.39 is 18.0 Å². The zero-order valence-electron chi connectivity index (χ0n) is 12.2. The number of hydrogen-bond donors (Lipinski definition) is 2. The number of methoxy groups -OCH3 is 1. The fourth-order valence-electron chi connectivity index (χ4n) is 2.50. The number of ether oxygens (including phenoxy) is 1. The quantitative estimate of drug-likeness (QED) is 0.820. The summed E-state index contributed by atoms with van der Waals surface area (Å²) < 4.78 is 45.6. The Balaban J connectivity index is 0.00000242. The minimum absolute atomic E-state index is 0. The fourth-order valence-corrected chi connectivity index (χ4v) is 2.66. The lowest BCUT2D eigenvalue weighted by Crippen LogP contribution is -2.49. The highest BCUT2D eigenvalue weighted by molar-refractivity contribution is 6.32. The van der Waals surface area contributed by atoms with Crippen LogP contribution in [0, 0.1) is 0 Å². The summed E-state index contributed by atoms with van der Waals surface area (Å²) >= 11 is 5.77. The van der Waals surface area contributed by atoms with Gasteiger partial charge >= 0.3 is 6.18 Å². The Hall–Kier alpha value is -0.600. The number of phenols is 1. The van der Waals surface area contributed by atoms with Gasteiger partial charge < -0.3 is 15.2 Å². The molecule has 1 fully saturated rings. The van der Waals surface area contributed by atoms with Gasteiger partial charge in [-0.1, -0.05) is 11.6 Å². The number of aromatic hydroxyl groups is 1. The van der Waals surface area contributed by atoms with Crippen molar-refractivity contribution in [2.24, 2.45) is 0 Å². The molecule has 2 rings (SSSR count). The van der Waals surface area contributed by atoms with Crippen molar-refractivity contribution in [3.8, 4) is 11.5 Å². The van der Waals surface area contributed by atoms with Crippen LogP contribution in [0.1, 0.15) is 11.6 Å². The van der Waals surface area contributed by atoms with Crippen molar-refractivity contribution >= 4 is 36.4 Å². The Morgan fingerprint density at radius 3 is 2.30 bits per heavy atom. The molecule has 1 aromatic carbocycles. The third-order valence-corrected chi connectivity index (χ3v) is 3.75. The van der Waals surface area contributed by atoms with Gasteiger partial charge in [-0.2, -0.15) is 13.2 Å². The predicted octanol–water partition coefficient (Wildman–Crippen LogP) is 3.41. The summed E-state index contributed by atoms with van der Waals surface area (Å²) in [5.74, 6) is -0.616. The van der Waals surface area contributed by atoms with E-state index in [2.05, 4.69) is 5.32 Å². The van der Waals surface area contributed by atoms with E-state index in [1.165, 1.54) is 24.1 Å². The highest BCUT2D eigenvalue weighted by atomic mass is 35.5. The molecule has 0 amide bonds. The van der Waals surface area contributed by atoms with Crippen molar-refractivity contribution in [3.63, 3.8) is 0 Å². The maximum Gasteiger partial charge on any atom is 0.408 e. The Bertz CT molecular complexity index is 512. The maximum atomic E-state index is 13.5. The van der Waals surface area contributed by atoms with Crippen molar-refractivity contribution in [2.45, 2.75) is 12.2 Å². The molecule has 0 aromatic heterocycles. The zero-order valence-corrected chi connectivity index (χ0v) is 14.6. The molecule has 1 heterocycles. The van der Waals surface area contributed by atoms with Crippen molar-refractivity contribution in [1.82, 2.24) is 10.2 Å². The van der Waals surface area contributed by atoms with Crippen molar-refractivity contribution in [2.75, 3.05) is 33.3 Å². The van der Waals surface area contributed by atoms with Crippen LogP contribution in [0.3, 0.4) is 0 Å². The minimum Gasteiger partial charge on any atom is -0.506 e. The smallest absolute Gasteiger partial charge is 0.408 e. The summed E-state index contributed by atoms with van der Waals surface area (Å²) in [5.41, 5.74) is -0.334. The van der Waals surface area contributed by atoms with Gasteiger partial charge in [0.05, 0.1) is 17.7 Å². The lowest BCUT2D eigenvalue weighted by atomic mass is 10.0. The van der Waals surface area contributed by atoms with Crippen LogP contribution < -0.4 is 10.1 Å². The Labute approximate surface area is 149 Å². The number of nitrogens with one attached hydrogen (secondary N) is 1. The monoisotopic (exact) mass is 396 g/mol. The number of rotatable bonds is 3. The minimum atomic E-state index is -4.55. The molecule has 1 atom stereocenters. The van der Waals surface area contributed by atoms with E-state index in [0.717, 1.165) is 0 Å². The standard InChI is InChI=1S/C13H16ClF3N2O2.2ClH/c1-21-9-3-2-8(14)11(20)10(9)12(13(15,16)17)19-6-4-18-5-7-19;;/h2-3,12,18,20H,4-7H2,1H3;2*1H/t12-;;/m1../s1. The molecule has 1 aliphatic rings. The highest BCUT2D eigenvalue weighted by Crippen LogP contribution is 2.47. The summed E-state index contributed by atoms with van der Waals surface area (Å²) in [6.45, 7) is 1.35. The van der Waals surface area contributed by atoms with Gasteiger partial charge in [-0.05, 0) is 12.1 Å². The molecule has 0 radical (unpaired) electrons. The first-order chi connectivity index (χ1) is 9.86. The van der Waals surface area contributed by atoms with Gasteiger partial charge in [0.1, 0.15) is 17.5 Å². The molecule has 0 bridgehead atoms. The van der Waals surface area contributed by atoms with Gasteiger partial charge in [-0.25, -0.2) is 0 Å². The summed E-state index contributed by atoms with van der Waals surface area (Å²) in [6, 6.07) is 0.691. The molecule has 2 N–H and O–H groups in total. The molecular formula is C13H18Cl3F3N2O2. The van der Waals surface area contributed by atoms with Crippen molar-refractivity contribution in [3.05, 3.63) is 22.7 Å². The third kappa shape index (κ3) is 4.93. The first-order valence-electron chi connectivity index (χ1n) is 6.43. The Kier molecular flexibility index (Phi) is 8.80. The second kappa shape index (κ2) is 9.03. The predicted molar refractivity (Wildman–Crippen MR) is 87.4 cm³/mol. The molecule has 0 saturated carbocycles. The first kappa shape index (κ1) is 22.4. The normalized spacial score (nSPS) is 16.9. The van der Waals surface area contributed by atoms with Gasteiger partial charge in [0.15, 0.2) is 0 Å². The van der Waals surface area contributed by atoms with Crippen LogP contribution in [-0.2, 0) is 0 Å². The van der Waals surface area contributed by atoms with Gasteiger partial charge in [0.2, 0.25) is 0 Å². The maximum absolute atomic E-state index is 13.5. The lowest BCUT2D eigenvalue weighted by Gasteiger charge is -2.36. The number of benzene rings is 1. The fraction of sp³-hybridized carbons (Fsp3) is 0.538. The van der Waals surface area contributed by atoms with Crippen LogP contribution in [0.4, 0.5) is 13.2 Å². The first-order valence-corrected chi connectivity index (χ1v) is 6.81.